The predicted octanol–water partition coefficient (Wildman–Crippen LogP) is 5.71. The third-order valence-electron chi connectivity index (χ3n) is 7.15. The molecule has 0 aromatic carbocycles. The number of thiol groups is 3. The summed E-state index contributed by atoms with van der Waals surface area (Å²) in [5.41, 5.74) is 0. The molecule has 254 valence electrons. The number of carbonyl (C=O) groups is 3. The van der Waals surface area contributed by atoms with Gasteiger partial charge in [0.2, 0.25) is 0 Å². The van der Waals surface area contributed by atoms with Crippen molar-refractivity contribution in [3.63, 3.8) is 0 Å². The second-order valence-corrected chi connectivity index (χ2v) is 16.6. The van der Waals surface area contributed by atoms with Gasteiger partial charge in [-0.15, -0.1) is 0 Å². The Balaban J connectivity index is -0.000000262. The minimum atomic E-state index is -1.07. The average molecular weight is 774 g/mol. The second-order valence-electron chi connectivity index (χ2n) is 13.7. The summed E-state index contributed by atoms with van der Waals surface area (Å²) in [4.78, 5) is 31.8. The van der Waals surface area contributed by atoms with E-state index in [2.05, 4.69) is 79.4 Å². The number of carboxylic acids is 3. The number of carboxylic acid groups (broad SMARTS) is 3. The molecule has 0 bridgehead atoms. The molecule has 0 aromatic rings. The molecule has 0 amide bonds. The van der Waals surface area contributed by atoms with Crippen molar-refractivity contribution in [1.29, 1.82) is 0 Å². The van der Waals surface area contributed by atoms with Crippen LogP contribution in [0.25, 0.3) is 0 Å². The molecule has 6 nitrogen and oxygen atoms in total. The summed E-state index contributed by atoms with van der Waals surface area (Å²) in [6, 6.07) is 0. The third-order valence-corrected chi connectivity index (χ3v) is 8.37. The third kappa shape index (κ3) is 33.5. The van der Waals surface area contributed by atoms with Crippen LogP contribution < -0.4 is 15.3 Å². The number of aliphatic carboxylic acids is 3. The van der Waals surface area contributed by atoms with Crippen LogP contribution in [0.1, 0.15) is 159 Å². The minimum absolute atomic E-state index is 0. The normalized spacial score (nSPS) is 15.1. The fraction of sp³-hybridized carbons (Fsp3) is 0.909. The average Bonchev–Trinajstić information content (AvgIpc) is 2.83. The van der Waals surface area contributed by atoms with Crippen molar-refractivity contribution in [2.75, 3.05) is 0 Å². The molecule has 0 rings (SSSR count). The molecule has 3 atom stereocenters. The number of hydrogen-bond acceptors (Lipinski definition) is 9. The summed E-state index contributed by atoms with van der Waals surface area (Å²) in [7, 11) is 0. The molecule has 0 aliphatic carbocycles. The summed E-state index contributed by atoms with van der Waals surface area (Å²) >= 11 is 12.2. The second kappa shape index (κ2) is 27.4. The van der Waals surface area contributed by atoms with Gasteiger partial charge >= 0.3 is 24.4 Å². The summed E-state index contributed by atoms with van der Waals surface area (Å²) in [6.07, 6.45) is 15.0. The number of unbranched alkanes of at least 4 members (excludes halogenated alkanes) is 6. The first-order valence-electron chi connectivity index (χ1n) is 15.9. The van der Waals surface area contributed by atoms with Gasteiger partial charge in [0.25, 0.3) is 0 Å². The fourth-order valence-corrected chi connectivity index (χ4v) is 4.38. The number of rotatable bonds is 21. The molecule has 0 heterocycles. The molecule has 0 aliphatic heterocycles. The smallest absolute Gasteiger partial charge is 0.549 e. The minimum Gasteiger partial charge on any atom is -0.549 e. The van der Waals surface area contributed by atoms with Crippen molar-refractivity contribution < 1.29 is 29.7 Å². The molecule has 3 unspecified atom stereocenters. The Labute approximate surface area is 298 Å². The molecular formula is C33H63O6S3Sb. The van der Waals surface area contributed by atoms with Crippen molar-refractivity contribution in [2.45, 2.75) is 173 Å². The Morgan fingerprint density at radius 1 is 0.465 bits per heavy atom. The first-order chi connectivity index (χ1) is 19.1. The van der Waals surface area contributed by atoms with Crippen LogP contribution >= 0.6 is 37.9 Å². The zero-order valence-electron chi connectivity index (χ0n) is 28.6. The van der Waals surface area contributed by atoms with Gasteiger partial charge < -0.3 is 29.7 Å². The van der Waals surface area contributed by atoms with Crippen molar-refractivity contribution in [2.24, 2.45) is 17.8 Å². The van der Waals surface area contributed by atoms with Crippen LogP contribution in [0.15, 0.2) is 0 Å². The summed E-state index contributed by atoms with van der Waals surface area (Å²) in [6.45, 7) is 18.0. The molecule has 0 fully saturated rings. The van der Waals surface area contributed by atoms with E-state index in [-0.39, 0.29) is 24.4 Å². The van der Waals surface area contributed by atoms with E-state index >= 15 is 0 Å². The predicted molar refractivity (Wildman–Crippen MR) is 187 cm³/mol. The van der Waals surface area contributed by atoms with Crippen LogP contribution in [0.5, 0.6) is 0 Å². The van der Waals surface area contributed by atoms with Gasteiger partial charge in [0, 0.05) is 14.2 Å². The standard InChI is InChI=1S/3C11H22O2S.Sb/c3*1-9(2)7-5-4-6-8-11(3,14)10(12)13;/h3*9,14H,4-8H2,1-3H3,(H,12,13);/q;;;+3/p-3. The van der Waals surface area contributed by atoms with Crippen LogP contribution in [0, 0.1) is 17.8 Å². The van der Waals surface area contributed by atoms with Crippen molar-refractivity contribution in [1.82, 2.24) is 0 Å². The van der Waals surface area contributed by atoms with Gasteiger partial charge in [0.1, 0.15) is 0 Å². The molecule has 10 heteroatoms. The molecule has 0 aliphatic rings. The topological polar surface area (TPSA) is 120 Å². The van der Waals surface area contributed by atoms with E-state index in [0.717, 1.165) is 56.3 Å². The molecule has 0 saturated carbocycles. The molecule has 43 heavy (non-hydrogen) atoms. The fourth-order valence-electron chi connectivity index (χ4n) is 3.90. The van der Waals surface area contributed by atoms with Gasteiger partial charge in [0.15, 0.2) is 0 Å². The van der Waals surface area contributed by atoms with Gasteiger partial charge in [-0.25, -0.2) is 0 Å². The maximum absolute atomic E-state index is 10.6. The van der Waals surface area contributed by atoms with Gasteiger partial charge in [-0.05, 0) is 57.8 Å². The largest absolute Gasteiger partial charge is 3.00 e. The quantitative estimate of drug-likeness (QED) is 0.0782. The van der Waals surface area contributed by atoms with Gasteiger partial charge in [0.05, 0.1) is 17.9 Å². The molecular weight excluding hydrogens is 710 g/mol. The molecule has 2 radical (unpaired) electrons. The molecule has 0 saturated heterocycles. The van der Waals surface area contributed by atoms with Crippen LogP contribution in [-0.4, -0.2) is 56.6 Å². The van der Waals surface area contributed by atoms with E-state index in [4.69, 9.17) is 0 Å². The monoisotopic (exact) mass is 772 g/mol. The van der Waals surface area contributed by atoms with Crippen molar-refractivity contribution >= 4 is 80.2 Å². The van der Waals surface area contributed by atoms with E-state index in [9.17, 15) is 29.7 Å². The number of carbonyl (C=O) groups excluding carboxylic acids is 3. The SMILES string of the molecule is CC(C)CCCCCC(C)(S)C(=O)[O-].CC(C)CCCCCC(C)(S)C(=O)[O-].CC(C)CCCCCC(C)(S)C(=O)[O-].[Sb+3]. The van der Waals surface area contributed by atoms with Crippen LogP contribution in [-0.2, 0) is 14.4 Å². The van der Waals surface area contributed by atoms with E-state index in [1.54, 1.807) is 20.8 Å². The summed E-state index contributed by atoms with van der Waals surface area (Å²) < 4.78 is -2.88. The zero-order valence-corrected chi connectivity index (χ0v) is 33.8. The van der Waals surface area contributed by atoms with Crippen LogP contribution in [0.2, 0.25) is 0 Å². The molecule has 0 aromatic heterocycles. The van der Waals surface area contributed by atoms with E-state index in [1.807, 2.05) is 0 Å². The van der Waals surface area contributed by atoms with Crippen molar-refractivity contribution in [3.8, 4) is 0 Å². The van der Waals surface area contributed by atoms with E-state index < -0.39 is 32.1 Å². The van der Waals surface area contributed by atoms with Crippen LogP contribution in [0.4, 0.5) is 0 Å². The Morgan fingerprint density at radius 2 is 0.651 bits per heavy atom. The van der Waals surface area contributed by atoms with Crippen LogP contribution in [0.3, 0.4) is 0 Å². The Morgan fingerprint density at radius 3 is 0.791 bits per heavy atom. The zero-order chi connectivity index (χ0) is 33.6. The number of hydrogen-bond donors (Lipinski definition) is 3. The maximum atomic E-state index is 10.6. The first-order valence-corrected chi connectivity index (χ1v) is 17.2. The van der Waals surface area contributed by atoms with Crippen molar-refractivity contribution in [3.05, 3.63) is 0 Å². The Kier molecular flexibility index (Phi) is 31.9. The van der Waals surface area contributed by atoms with E-state index in [1.165, 1.54) is 38.5 Å². The van der Waals surface area contributed by atoms with E-state index in [0.29, 0.717) is 19.3 Å². The summed E-state index contributed by atoms with van der Waals surface area (Å²) in [5.74, 6) is -0.991. The van der Waals surface area contributed by atoms with Gasteiger partial charge in [-0.3, -0.25) is 0 Å². The Hall–Kier alpha value is 0.278. The van der Waals surface area contributed by atoms with Gasteiger partial charge in [-0.2, -0.15) is 37.9 Å². The summed E-state index contributed by atoms with van der Waals surface area (Å²) in [5, 5.41) is 31.8. The van der Waals surface area contributed by atoms with Gasteiger partial charge in [-0.1, -0.05) is 119 Å². The molecule has 0 spiro atoms. The molecule has 0 N–H and O–H groups in total. The first kappa shape index (κ1) is 50.1. The maximum Gasteiger partial charge on any atom is 3.00 e. The Bertz CT molecular complexity index is 630.